The van der Waals surface area contributed by atoms with Crippen molar-refractivity contribution < 1.29 is 41.8 Å². The Bertz CT molecular complexity index is 1260. The first-order valence-electron chi connectivity index (χ1n) is 13.9. The predicted molar refractivity (Wildman–Crippen MR) is 142 cm³/mol. The number of nitrogens with zero attached hydrogens (tertiary/aromatic N) is 2. The zero-order chi connectivity index (χ0) is 29.2. The SMILES string of the molecule is CC(C)COc1ccccc1CN1CC2(CCN(OC(=O)C(F)(F)F)CC2)CC1C(=O)Cc1ccc2c(c1)OCO2. The van der Waals surface area contributed by atoms with E-state index in [-0.39, 0.29) is 43.5 Å². The lowest BCUT2D eigenvalue weighted by Gasteiger charge is -2.38. The second-order valence-electron chi connectivity index (χ2n) is 11.6. The number of piperidine rings is 1. The molecule has 11 heteroatoms. The van der Waals surface area contributed by atoms with Gasteiger partial charge in [0.2, 0.25) is 6.79 Å². The van der Waals surface area contributed by atoms with E-state index in [1.165, 1.54) is 0 Å². The van der Waals surface area contributed by atoms with E-state index in [9.17, 15) is 22.8 Å². The maximum Gasteiger partial charge on any atom is 0.492 e. The summed E-state index contributed by atoms with van der Waals surface area (Å²) in [5, 5.41) is 1.09. The Kier molecular flexibility index (Phi) is 8.47. The van der Waals surface area contributed by atoms with Crippen molar-refractivity contribution in [1.82, 2.24) is 9.96 Å². The Labute approximate surface area is 237 Å². The number of rotatable bonds is 9. The second-order valence-corrected chi connectivity index (χ2v) is 11.6. The van der Waals surface area contributed by atoms with Crippen molar-refractivity contribution >= 4 is 11.8 Å². The summed E-state index contributed by atoms with van der Waals surface area (Å²) >= 11 is 0. The number of hydroxylamine groups is 2. The number of halogens is 3. The summed E-state index contributed by atoms with van der Waals surface area (Å²) in [5.74, 6) is 0.248. The van der Waals surface area contributed by atoms with Gasteiger partial charge in [0.05, 0.1) is 12.6 Å². The number of Topliss-reactive ketones (excluding diaryl/α,β-unsaturated/α-hetero) is 1. The molecule has 0 aliphatic carbocycles. The quantitative estimate of drug-likeness (QED) is 0.416. The van der Waals surface area contributed by atoms with Crippen LogP contribution in [0.3, 0.4) is 0 Å². The van der Waals surface area contributed by atoms with Gasteiger partial charge in [-0.3, -0.25) is 9.69 Å². The first kappa shape index (κ1) is 29.2. The molecule has 2 aromatic carbocycles. The summed E-state index contributed by atoms with van der Waals surface area (Å²) in [4.78, 5) is 31.9. The fourth-order valence-electron chi connectivity index (χ4n) is 5.83. The van der Waals surface area contributed by atoms with Crippen LogP contribution in [0.2, 0.25) is 0 Å². The van der Waals surface area contributed by atoms with Gasteiger partial charge < -0.3 is 19.0 Å². The van der Waals surface area contributed by atoms with Crippen molar-refractivity contribution in [2.75, 3.05) is 33.0 Å². The van der Waals surface area contributed by atoms with E-state index in [1.807, 2.05) is 36.4 Å². The second kappa shape index (κ2) is 11.9. The van der Waals surface area contributed by atoms with Crippen molar-refractivity contribution in [1.29, 1.82) is 0 Å². The molecule has 2 saturated heterocycles. The average molecular weight is 577 g/mol. The van der Waals surface area contributed by atoms with Crippen LogP contribution in [0.1, 0.15) is 44.2 Å². The summed E-state index contributed by atoms with van der Waals surface area (Å²) in [7, 11) is 0. The lowest BCUT2D eigenvalue weighted by molar-refractivity contribution is -0.244. The highest BCUT2D eigenvalue weighted by molar-refractivity contribution is 5.86. The zero-order valence-electron chi connectivity index (χ0n) is 23.2. The van der Waals surface area contributed by atoms with Gasteiger partial charge >= 0.3 is 12.1 Å². The van der Waals surface area contributed by atoms with Crippen LogP contribution in [0.15, 0.2) is 42.5 Å². The Morgan fingerprint density at radius 1 is 1.07 bits per heavy atom. The van der Waals surface area contributed by atoms with E-state index < -0.39 is 12.1 Å². The standard InChI is InChI=1S/C30H35F3N2O6/c1-20(2)17-38-25-6-4-3-5-22(25)16-34-18-29(9-11-35(12-10-29)41-28(37)30(31,32)33)15-23(34)24(36)13-21-7-8-26-27(14-21)40-19-39-26/h3-8,14,20,23H,9-13,15-19H2,1-2H3. The third kappa shape index (κ3) is 6.95. The smallest absolute Gasteiger partial charge is 0.492 e. The molecule has 3 aliphatic rings. The summed E-state index contributed by atoms with van der Waals surface area (Å²) in [6.45, 7) is 6.33. The third-order valence-corrected chi connectivity index (χ3v) is 7.94. The highest BCUT2D eigenvalue weighted by Gasteiger charge is 2.49. The Morgan fingerprint density at radius 2 is 1.80 bits per heavy atom. The third-order valence-electron chi connectivity index (χ3n) is 7.94. The Hall–Kier alpha value is -3.31. The van der Waals surface area contributed by atoms with E-state index in [0.29, 0.717) is 56.4 Å². The minimum Gasteiger partial charge on any atom is -0.493 e. The molecule has 5 rings (SSSR count). The van der Waals surface area contributed by atoms with Gasteiger partial charge in [-0.1, -0.05) is 38.1 Å². The monoisotopic (exact) mass is 576 g/mol. The van der Waals surface area contributed by atoms with Crippen molar-refractivity contribution in [3.05, 3.63) is 53.6 Å². The van der Waals surface area contributed by atoms with Gasteiger partial charge in [-0.25, -0.2) is 4.79 Å². The molecule has 1 unspecified atom stereocenters. The minimum atomic E-state index is -5.05. The topological polar surface area (TPSA) is 77.5 Å². The molecule has 1 atom stereocenters. The molecule has 41 heavy (non-hydrogen) atoms. The molecular weight excluding hydrogens is 541 g/mol. The zero-order valence-corrected chi connectivity index (χ0v) is 23.2. The number of carbonyl (C=O) groups excluding carboxylic acids is 2. The summed E-state index contributed by atoms with van der Waals surface area (Å²) in [6, 6.07) is 12.9. The summed E-state index contributed by atoms with van der Waals surface area (Å²) in [5.41, 5.74) is 1.52. The van der Waals surface area contributed by atoms with Gasteiger partial charge in [0.1, 0.15) is 5.75 Å². The Morgan fingerprint density at radius 3 is 2.54 bits per heavy atom. The molecule has 3 aliphatic heterocycles. The maximum atomic E-state index is 13.8. The van der Waals surface area contributed by atoms with Crippen LogP contribution in [-0.4, -0.2) is 67.0 Å². The van der Waals surface area contributed by atoms with Gasteiger partial charge in [0.15, 0.2) is 17.3 Å². The number of alkyl halides is 3. The van der Waals surface area contributed by atoms with Gasteiger partial charge in [-0.05, 0) is 54.4 Å². The van der Waals surface area contributed by atoms with Gasteiger partial charge in [-0.2, -0.15) is 13.2 Å². The van der Waals surface area contributed by atoms with Crippen LogP contribution < -0.4 is 14.2 Å². The van der Waals surface area contributed by atoms with Crippen LogP contribution in [0.5, 0.6) is 17.2 Å². The number of para-hydroxylation sites is 1. The maximum absolute atomic E-state index is 13.8. The highest BCUT2D eigenvalue weighted by Crippen LogP contribution is 2.45. The molecule has 2 fully saturated rings. The number of hydrogen-bond donors (Lipinski definition) is 0. The summed E-state index contributed by atoms with van der Waals surface area (Å²) < 4.78 is 55.1. The largest absolute Gasteiger partial charge is 0.493 e. The first-order chi connectivity index (χ1) is 19.5. The van der Waals surface area contributed by atoms with Crippen LogP contribution in [0, 0.1) is 11.3 Å². The fraction of sp³-hybridized carbons (Fsp3) is 0.533. The number of carbonyl (C=O) groups is 2. The molecule has 0 aromatic heterocycles. The van der Waals surface area contributed by atoms with E-state index in [1.54, 1.807) is 6.07 Å². The molecule has 2 aromatic rings. The van der Waals surface area contributed by atoms with Crippen molar-refractivity contribution in [3.63, 3.8) is 0 Å². The number of likely N-dealkylation sites (tertiary alicyclic amines) is 1. The number of hydrogen-bond acceptors (Lipinski definition) is 8. The van der Waals surface area contributed by atoms with Gasteiger partial charge in [-0.15, -0.1) is 5.06 Å². The van der Waals surface area contributed by atoms with Crippen molar-refractivity contribution in [2.45, 2.75) is 58.3 Å². The van der Waals surface area contributed by atoms with Crippen LogP contribution in [0.25, 0.3) is 0 Å². The first-order valence-corrected chi connectivity index (χ1v) is 13.9. The molecular formula is C30H35F3N2O6. The highest BCUT2D eigenvalue weighted by atomic mass is 19.4. The molecule has 0 radical (unpaired) electrons. The van der Waals surface area contributed by atoms with E-state index >= 15 is 0 Å². The lowest BCUT2D eigenvalue weighted by Crippen LogP contribution is -2.44. The molecule has 0 bridgehead atoms. The molecule has 1 spiro atoms. The molecule has 0 N–H and O–H groups in total. The van der Waals surface area contributed by atoms with Crippen molar-refractivity contribution in [3.8, 4) is 17.2 Å². The number of ether oxygens (including phenoxy) is 3. The van der Waals surface area contributed by atoms with E-state index in [4.69, 9.17) is 14.2 Å². The van der Waals surface area contributed by atoms with Crippen LogP contribution >= 0.6 is 0 Å². The molecule has 3 heterocycles. The Balaban J connectivity index is 1.32. The molecule has 222 valence electrons. The fourth-order valence-corrected chi connectivity index (χ4v) is 5.83. The number of fused-ring (bicyclic) bond motifs is 1. The van der Waals surface area contributed by atoms with E-state index in [2.05, 4.69) is 23.6 Å². The minimum absolute atomic E-state index is 0.0623. The normalized spacial score (nSPS) is 20.5. The predicted octanol–water partition coefficient (Wildman–Crippen LogP) is 4.94. The molecule has 0 amide bonds. The van der Waals surface area contributed by atoms with Crippen LogP contribution in [-0.2, 0) is 27.4 Å². The average Bonchev–Trinajstić information content (AvgIpc) is 3.53. The van der Waals surface area contributed by atoms with Crippen LogP contribution in [0.4, 0.5) is 13.2 Å². The molecule has 8 nitrogen and oxygen atoms in total. The van der Waals surface area contributed by atoms with E-state index in [0.717, 1.165) is 21.9 Å². The number of benzene rings is 2. The van der Waals surface area contributed by atoms with Crippen molar-refractivity contribution in [2.24, 2.45) is 11.3 Å². The van der Waals surface area contributed by atoms with Gasteiger partial charge in [0.25, 0.3) is 0 Å². The van der Waals surface area contributed by atoms with Gasteiger partial charge in [0, 0.05) is 38.2 Å². The molecule has 0 saturated carbocycles. The summed E-state index contributed by atoms with van der Waals surface area (Å²) in [6.07, 6.45) is -3.24. The lowest BCUT2D eigenvalue weighted by atomic mass is 9.76. The number of ketones is 1.